The molecular weight excluding hydrogens is 258 g/mol. The molecule has 2 bridgehead atoms. The number of aromatic amines is 1. The molecule has 19 heavy (non-hydrogen) atoms. The third-order valence-corrected chi connectivity index (χ3v) is 4.78. The second-order valence-electron chi connectivity index (χ2n) is 6.02. The van der Waals surface area contributed by atoms with E-state index in [9.17, 15) is 0 Å². The fourth-order valence-electron chi connectivity index (χ4n) is 3.75. The maximum Gasteiger partial charge on any atom is 0.107 e. The van der Waals surface area contributed by atoms with Gasteiger partial charge in [-0.2, -0.15) is 0 Å². The maximum atomic E-state index is 6.01. The largest absolute Gasteiger partial charge is 0.342 e. The summed E-state index contributed by atoms with van der Waals surface area (Å²) in [4.78, 5) is 8.10. The number of nitrogens with one attached hydrogen (secondary N) is 2. The number of aromatic nitrogens is 2. The van der Waals surface area contributed by atoms with Gasteiger partial charge < -0.3 is 10.3 Å². The predicted molar refractivity (Wildman–Crippen MR) is 77.5 cm³/mol. The first-order valence-electron chi connectivity index (χ1n) is 7.16. The quantitative estimate of drug-likeness (QED) is 0.883. The average Bonchev–Trinajstić information content (AvgIpc) is 2.92. The van der Waals surface area contributed by atoms with Crippen molar-refractivity contribution in [3.8, 4) is 0 Å². The van der Waals surface area contributed by atoms with Gasteiger partial charge in [0.2, 0.25) is 0 Å². The van der Waals surface area contributed by atoms with Crippen molar-refractivity contribution in [2.75, 3.05) is 0 Å². The summed E-state index contributed by atoms with van der Waals surface area (Å²) in [7, 11) is 0. The van der Waals surface area contributed by atoms with Crippen LogP contribution in [0.2, 0.25) is 5.02 Å². The Bertz CT molecular complexity index is 594. The van der Waals surface area contributed by atoms with Gasteiger partial charge in [-0.1, -0.05) is 11.6 Å². The Morgan fingerprint density at radius 1 is 1.21 bits per heavy atom. The van der Waals surface area contributed by atoms with E-state index >= 15 is 0 Å². The smallest absolute Gasteiger partial charge is 0.107 e. The second kappa shape index (κ2) is 4.50. The van der Waals surface area contributed by atoms with E-state index in [2.05, 4.69) is 15.3 Å². The fraction of sp³-hybridized carbons (Fsp3) is 0.533. The third-order valence-electron chi connectivity index (χ3n) is 4.55. The molecular formula is C15H18ClN3. The Hall–Kier alpha value is -1.06. The zero-order valence-corrected chi connectivity index (χ0v) is 11.6. The van der Waals surface area contributed by atoms with Crippen LogP contribution in [-0.2, 0) is 6.42 Å². The molecule has 0 aliphatic carbocycles. The molecule has 4 rings (SSSR count). The molecule has 2 aromatic rings. The van der Waals surface area contributed by atoms with Gasteiger partial charge in [0.05, 0.1) is 11.0 Å². The zero-order valence-electron chi connectivity index (χ0n) is 10.8. The summed E-state index contributed by atoms with van der Waals surface area (Å²) in [6.07, 6.45) is 6.39. The molecule has 2 N–H and O–H groups in total. The number of fused-ring (bicyclic) bond motifs is 3. The highest BCUT2D eigenvalue weighted by Gasteiger charge is 2.33. The molecule has 1 aromatic heterocycles. The Kier molecular flexibility index (Phi) is 2.78. The van der Waals surface area contributed by atoms with Crippen molar-refractivity contribution in [3.63, 3.8) is 0 Å². The number of imidazole rings is 1. The molecule has 1 aromatic carbocycles. The number of halogens is 1. The van der Waals surface area contributed by atoms with Crippen LogP contribution in [-0.4, -0.2) is 22.1 Å². The lowest BCUT2D eigenvalue weighted by atomic mass is 9.89. The number of H-pyrrole nitrogens is 1. The van der Waals surface area contributed by atoms with Crippen molar-refractivity contribution in [1.29, 1.82) is 0 Å². The molecule has 2 unspecified atom stereocenters. The van der Waals surface area contributed by atoms with Gasteiger partial charge in [-0.05, 0) is 49.8 Å². The van der Waals surface area contributed by atoms with Gasteiger partial charge in [-0.3, -0.25) is 0 Å². The van der Waals surface area contributed by atoms with E-state index < -0.39 is 0 Å². The lowest BCUT2D eigenvalue weighted by Gasteiger charge is -2.28. The molecule has 2 aliphatic rings. The van der Waals surface area contributed by atoms with Crippen molar-refractivity contribution < 1.29 is 0 Å². The van der Waals surface area contributed by atoms with Gasteiger partial charge >= 0.3 is 0 Å². The van der Waals surface area contributed by atoms with Crippen LogP contribution in [0.3, 0.4) is 0 Å². The number of benzene rings is 1. The van der Waals surface area contributed by atoms with Crippen molar-refractivity contribution in [1.82, 2.24) is 15.3 Å². The number of hydrogen-bond acceptors (Lipinski definition) is 2. The van der Waals surface area contributed by atoms with Crippen molar-refractivity contribution in [3.05, 3.63) is 29.0 Å². The summed E-state index contributed by atoms with van der Waals surface area (Å²) in [5, 5.41) is 4.46. The zero-order chi connectivity index (χ0) is 12.8. The molecule has 2 atom stereocenters. The van der Waals surface area contributed by atoms with E-state index in [-0.39, 0.29) is 0 Å². The summed E-state index contributed by atoms with van der Waals surface area (Å²) in [5.41, 5.74) is 2.08. The summed E-state index contributed by atoms with van der Waals surface area (Å²) in [5.74, 6) is 1.89. The average molecular weight is 276 g/mol. The van der Waals surface area contributed by atoms with Crippen LogP contribution in [0.1, 0.15) is 31.5 Å². The van der Waals surface area contributed by atoms with Gasteiger partial charge in [0.25, 0.3) is 0 Å². The lowest BCUT2D eigenvalue weighted by Crippen LogP contribution is -2.38. The molecule has 100 valence electrons. The van der Waals surface area contributed by atoms with E-state index in [1.165, 1.54) is 25.7 Å². The van der Waals surface area contributed by atoms with Crippen LogP contribution in [0.15, 0.2) is 18.2 Å². The van der Waals surface area contributed by atoms with Crippen molar-refractivity contribution in [2.24, 2.45) is 5.92 Å². The van der Waals surface area contributed by atoms with E-state index in [0.717, 1.165) is 46.3 Å². The summed E-state index contributed by atoms with van der Waals surface area (Å²) in [6, 6.07) is 7.35. The monoisotopic (exact) mass is 275 g/mol. The Labute approximate surface area is 117 Å². The van der Waals surface area contributed by atoms with Gasteiger partial charge in [-0.15, -0.1) is 0 Å². The minimum absolute atomic E-state index is 0.752. The van der Waals surface area contributed by atoms with Crippen LogP contribution < -0.4 is 5.32 Å². The Balaban J connectivity index is 1.54. The first-order chi connectivity index (χ1) is 9.26. The lowest BCUT2D eigenvalue weighted by molar-refractivity contribution is 0.295. The Morgan fingerprint density at radius 2 is 2.00 bits per heavy atom. The van der Waals surface area contributed by atoms with E-state index in [1.807, 2.05) is 18.2 Å². The summed E-state index contributed by atoms with van der Waals surface area (Å²) < 4.78 is 0. The molecule has 3 heterocycles. The highest BCUT2D eigenvalue weighted by molar-refractivity contribution is 6.31. The summed E-state index contributed by atoms with van der Waals surface area (Å²) >= 11 is 6.01. The molecule has 0 radical (unpaired) electrons. The van der Waals surface area contributed by atoms with Crippen molar-refractivity contribution in [2.45, 2.75) is 44.2 Å². The van der Waals surface area contributed by atoms with Gasteiger partial charge in [0.1, 0.15) is 5.82 Å². The number of rotatable bonds is 2. The van der Waals surface area contributed by atoms with E-state index in [0.29, 0.717) is 0 Å². The van der Waals surface area contributed by atoms with Crippen LogP contribution in [0, 0.1) is 5.92 Å². The predicted octanol–water partition coefficient (Wildman–Crippen LogP) is 3.29. The van der Waals surface area contributed by atoms with Gasteiger partial charge in [0, 0.05) is 23.5 Å². The van der Waals surface area contributed by atoms with Crippen molar-refractivity contribution >= 4 is 22.6 Å². The molecule has 2 aliphatic heterocycles. The minimum Gasteiger partial charge on any atom is -0.342 e. The van der Waals surface area contributed by atoms with E-state index in [4.69, 9.17) is 11.6 Å². The van der Waals surface area contributed by atoms with Gasteiger partial charge in [0.15, 0.2) is 0 Å². The molecule has 0 spiro atoms. The van der Waals surface area contributed by atoms with Crippen LogP contribution in [0.25, 0.3) is 11.0 Å². The van der Waals surface area contributed by atoms with Gasteiger partial charge in [-0.25, -0.2) is 4.98 Å². The third kappa shape index (κ3) is 2.26. The highest BCUT2D eigenvalue weighted by atomic mass is 35.5. The number of nitrogens with zero attached hydrogens (tertiary/aromatic N) is 1. The topological polar surface area (TPSA) is 40.7 Å². The maximum absolute atomic E-state index is 6.01. The fourth-order valence-corrected chi connectivity index (χ4v) is 3.92. The normalized spacial score (nSPS) is 30.1. The molecule has 4 heteroatoms. The highest BCUT2D eigenvalue weighted by Crippen LogP contribution is 2.32. The molecule has 2 saturated heterocycles. The molecule has 3 nitrogen and oxygen atoms in total. The standard InChI is InChI=1S/C15H18ClN3/c16-10-1-4-13-14(8-10)19-15(18-13)7-9-5-11-2-3-12(6-9)17-11/h1,4,8-9,11-12,17H,2-3,5-7H2,(H,18,19). The Morgan fingerprint density at radius 3 is 2.79 bits per heavy atom. The minimum atomic E-state index is 0.752. The van der Waals surface area contributed by atoms with Crippen LogP contribution >= 0.6 is 11.6 Å². The SMILES string of the molecule is Clc1ccc2nc(CC3CC4CCC(C3)N4)[nH]c2c1. The van der Waals surface area contributed by atoms with Crippen LogP contribution in [0.4, 0.5) is 0 Å². The summed E-state index contributed by atoms with van der Waals surface area (Å²) in [6.45, 7) is 0. The second-order valence-corrected chi connectivity index (χ2v) is 6.46. The first kappa shape index (κ1) is 11.7. The van der Waals surface area contributed by atoms with E-state index in [1.54, 1.807) is 0 Å². The molecule has 0 amide bonds. The number of piperidine rings is 1. The molecule has 0 saturated carbocycles. The number of hydrogen-bond donors (Lipinski definition) is 2. The molecule has 2 fully saturated rings. The van der Waals surface area contributed by atoms with Crippen LogP contribution in [0.5, 0.6) is 0 Å². The first-order valence-corrected chi connectivity index (χ1v) is 7.54.